The van der Waals surface area contributed by atoms with Crippen LogP contribution < -0.4 is 10.1 Å². The van der Waals surface area contributed by atoms with Crippen molar-refractivity contribution in [2.24, 2.45) is 5.92 Å². The highest BCUT2D eigenvalue weighted by Gasteiger charge is 2.28. The van der Waals surface area contributed by atoms with Crippen molar-refractivity contribution in [2.75, 3.05) is 25.5 Å². The Morgan fingerprint density at radius 3 is 2.76 bits per heavy atom. The second-order valence-electron chi connectivity index (χ2n) is 5.00. The van der Waals surface area contributed by atoms with E-state index < -0.39 is 12.0 Å². The first kappa shape index (κ1) is 15.4. The molecule has 0 heterocycles. The summed E-state index contributed by atoms with van der Waals surface area (Å²) in [6.07, 6.45) is 2.08. The van der Waals surface area contributed by atoms with E-state index in [4.69, 9.17) is 21.4 Å². The molecule has 0 atom stereocenters. The van der Waals surface area contributed by atoms with E-state index in [0.29, 0.717) is 28.9 Å². The van der Waals surface area contributed by atoms with E-state index in [1.165, 1.54) is 12.0 Å². The lowest BCUT2D eigenvalue weighted by atomic mass is 10.3. The summed E-state index contributed by atoms with van der Waals surface area (Å²) < 4.78 is 5.08. The van der Waals surface area contributed by atoms with Crippen LogP contribution >= 0.6 is 11.6 Å². The molecule has 0 bridgehead atoms. The van der Waals surface area contributed by atoms with Gasteiger partial charge >= 0.3 is 12.0 Å². The number of anilines is 1. The van der Waals surface area contributed by atoms with Crippen LogP contribution in [-0.4, -0.2) is 42.2 Å². The molecule has 0 spiro atoms. The van der Waals surface area contributed by atoms with Crippen LogP contribution in [0.25, 0.3) is 0 Å². The molecule has 1 fully saturated rings. The number of methoxy groups -OCH3 is 1. The number of aliphatic carboxylic acids is 1. The van der Waals surface area contributed by atoms with Gasteiger partial charge in [0.15, 0.2) is 0 Å². The van der Waals surface area contributed by atoms with E-state index in [1.54, 1.807) is 18.2 Å². The molecular weight excluding hydrogens is 296 g/mol. The second kappa shape index (κ2) is 6.67. The summed E-state index contributed by atoms with van der Waals surface area (Å²) in [7, 11) is 1.48. The summed E-state index contributed by atoms with van der Waals surface area (Å²) >= 11 is 5.92. The van der Waals surface area contributed by atoms with Gasteiger partial charge in [0.1, 0.15) is 12.3 Å². The number of urea groups is 1. The lowest BCUT2D eigenvalue weighted by Gasteiger charge is -2.21. The average molecular weight is 313 g/mol. The highest BCUT2D eigenvalue weighted by atomic mass is 35.5. The Kier molecular flexibility index (Phi) is 4.90. The molecule has 7 heteroatoms. The molecule has 114 valence electrons. The smallest absolute Gasteiger partial charge is 0.323 e. The Morgan fingerprint density at radius 2 is 2.19 bits per heavy atom. The first-order valence-electron chi connectivity index (χ1n) is 6.61. The molecule has 2 amide bonds. The van der Waals surface area contributed by atoms with Gasteiger partial charge in [-0.3, -0.25) is 4.79 Å². The van der Waals surface area contributed by atoms with Crippen LogP contribution in [0.4, 0.5) is 10.5 Å². The Bertz CT molecular complexity index is 546. The maximum atomic E-state index is 12.2. The third kappa shape index (κ3) is 4.53. The Hall–Kier alpha value is -1.95. The van der Waals surface area contributed by atoms with Crippen molar-refractivity contribution < 1.29 is 19.4 Å². The summed E-state index contributed by atoms with van der Waals surface area (Å²) in [5.41, 5.74) is 0.507. The van der Waals surface area contributed by atoms with Gasteiger partial charge in [-0.25, -0.2) is 4.79 Å². The molecule has 1 aliphatic carbocycles. The monoisotopic (exact) mass is 312 g/mol. The molecule has 1 saturated carbocycles. The standard InChI is InChI=1S/C14H17ClN2O4/c1-21-12-6-10(4-5-11(12)15)16-14(20)17(8-13(18)19)7-9-2-3-9/h4-6,9H,2-3,7-8H2,1H3,(H,16,20)(H,18,19). The van der Waals surface area contributed by atoms with E-state index in [2.05, 4.69) is 5.32 Å². The summed E-state index contributed by atoms with van der Waals surface area (Å²) in [5.74, 6) is -0.171. The van der Waals surface area contributed by atoms with Crippen LogP contribution in [0.1, 0.15) is 12.8 Å². The molecule has 1 aliphatic rings. The molecule has 1 aromatic rings. The quantitative estimate of drug-likeness (QED) is 0.846. The molecule has 1 aromatic carbocycles. The van der Waals surface area contributed by atoms with Gasteiger partial charge in [0.05, 0.1) is 12.1 Å². The minimum Gasteiger partial charge on any atom is -0.495 e. The Labute approximate surface area is 127 Å². The number of carboxylic acids is 1. The SMILES string of the molecule is COc1cc(NC(=O)N(CC(=O)O)CC2CC2)ccc1Cl. The predicted octanol–water partition coefficient (Wildman–Crippen LogP) is 2.68. The number of halogens is 1. The van der Waals surface area contributed by atoms with Crippen LogP contribution in [0.2, 0.25) is 5.02 Å². The average Bonchev–Trinajstić information content (AvgIpc) is 3.23. The maximum absolute atomic E-state index is 12.2. The zero-order chi connectivity index (χ0) is 15.4. The number of rotatable bonds is 6. The van der Waals surface area contributed by atoms with Gasteiger partial charge in [-0.2, -0.15) is 0 Å². The van der Waals surface area contributed by atoms with E-state index >= 15 is 0 Å². The molecule has 2 rings (SSSR count). The van der Waals surface area contributed by atoms with Crippen LogP contribution in [0, 0.1) is 5.92 Å². The number of nitrogens with one attached hydrogen (secondary N) is 1. The van der Waals surface area contributed by atoms with Crippen molar-refractivity contribution >= 4 is 29.3 Å². The number of hydrogen-bond donors (Lipinski definition) is 2. The first-order chi connectivity index (χ1) is 9.99. The van der Waals surface area contributed by atoms with Gasteiger partial charge < -0.3 is 20.1 Å². The number of ether oxygens (including phenoxy) is 1. The van der Waals surface area contributed by atoms with Crippen LogP contribution in [0.15, 0.2) is 18.2 Å². The second-order valence-corrected chi connectivity index (χ2v) is 5.40. The van der Waals surface area contributed by atoms with E-state index in [9.17, 15) is 9.59 Å². The summed E-state index contributed by atoms with van der Waals surface area (Å²) in [4.78, 5) is 24.3. The number of carbonyl (C=O) groups is 2. The molecule has 0 unspecified atom stereocenters. The van der Waals surface area contributed by atoms with Gasteiger partial charge in [-0.15, -0.1) is 0 Å². The molecule has 0 aliphatic heterocycles. The highest BCUT2D eigenvalue weighted by molar-refractivity contribution is 6.32. The summed E-state index contributed by atoms with van der Waals surface area (Å²) in [6.45, 7) is 0.149. The van der Waals surface area contributed by atoms with Crippen LogP contribution in [0.3, 0.4) is 0 Å². The van der Waals surface area contributed by atoms with Gasteiger partial charge in [0.2, 0.25) is 0 Å². The maximum Gasteiger partial charge on any atom is 0.323 e. The minimum absolute atomic E-state index is 0.312. The fraction of sp³-hybridized carbons (Fsp3) is 0.429. The fourth-order valence-electron chi connectivity index (χ4n) is 1.93. The third-order valence-corrected chi connectivity index (χ3v) is 3.50. The third-order valence-electron chi connectivity index (χ3n) is 3.19. The Morgan fingerprint density at radius 1 is 1.48 bits per heavy atom. The molecular formula is C14H17ClN2O4. The number of amides is 2. The summed E-state index contributed by atoms with van der Waals surface area (Å²) in [5, 5.41) is 12.0. The van der Waals surface area contributed by atoms with E-state index in [-0.39, 0.29) is 6.54 Å². The topological polar surface area (TPSA) is 78.9 Å². The normalized spacial score (nSPS) is 13.6. The molecule has 21 heavy (non-hydrogen) atoms. The molecule has 2 N–H and O–H groups in total. The van der Waals surface area contributed by atoms with Crippen molar-refractivity contribution in [3.05, 3.63) is 23.2 Å². The van der Waals surface area contributed by atoms with E-state index in [0.717, 1.165) is 12.8 Å². The fourth-order valence-corrected chi connectivity index (χ4v) is 2.13. The number of carbonyl (C=O) groups excluding carboxylic acids is 1. The summed E-state index contributed by atoms with van der Waals surface area (Å²) in [6, 6.07) is 4.40. The van der Waals surface area contributed by atoms with Crippen molar-refractivity contribution in [3.63, 3.8) is 0 Å². The van der Waals surface area contributed by atoms with Crippen LogP contribution in [0.5, 0.6) is 5.75 Å². The van der Waals surface area contributed by atoms with Gasteiger partial charge in [0, 0.05) is 18.3 Å². The Balaban J connectivity index is 2.04. The highest BCUT2D eigenvalue weighted by Crippen LogP contribution is 2.30. The zero-order valence-electron chi connectivity index (χ0n) is 11.6. The van der Waals surface area contributed by atoms with Crippen molar-refractivity contribution in [1.29, 1.82) is 0 Å². The predicted molar refractivity (Wildman–Crippen MR) is 79.0 cm³/mol. The minimum atomic E-state index is -1.03. The molecule has 0 radical (unpaired) electrons. The van der Waals surface area contributed by atoms with Crippen molar-refractivity contribution in [3.8, 4) is 5.75 Å². The zero-order valence-corrected chi connectivity index (χ0v) is 12.4. The number of nitrogens with zero attached hydrogens (tertiary/aromatic N) is 1. The molecule has 0 aromatic heterocycles. The van der Waals surface area contributed by atoms with Crippen molar-refractivity contribution in [1.82, 2.24) is 4.90 Å². The number of benzene rings is 1. The lowest BCUT2D eigenvalue weighted by molar-refractivity contribution is -0.137. The van der Waals surface area contributed by atoms with Gasteiger partial charge in [0.25, 0.3) is 0 Å². The van der Waals surface area contributed by atoms with Gasteiger partial charge in [-0.1, -0.05) is 11.6 Å². The largest absolute Gasteiger partial charge is 0.495 e. The molecule has 6 nitrogen and oxygen atoms in total. The number of carboxylic acid groups (broad SMARTS) is 1. The van der Waals surface area contributed by atoms with Crippen LogP contribution in [-0.2, 0) is 4.79 Å². The van der Waals surface area contributed by atoms with Crippen molar-refractivity contribution in [2.45, 2.75) is 12.8 Å². The molecule has 0 saturated heterocycles. The lowest BCUT2D eigenvalue weighted by Crippen LogP contribution is -2.40. The number of hydrogen-bond acceptors (Lipinski definition) is 3. The van der Waals surface area contributed by atoms with Gasteiger partial charge in [-0.05, 0) is 30.9 Å². The van der Waals surface area contributed by atoms with E-state index in [1.807, 2.05) is 0 Å². The first-order valence-corrected chi connectivity index (χ1v) is 6.98.